The summed E-state index contributed by atoms with van der Waals surface area (Å²) in [5.41, 5.74) is 3.50. The molecule has 1 heterocycles. The van der Waals surface area contributed by atoms with Crippen molar-refractivity contribution in [3.8, 4) is 5.75 Å². The lowest BCUT2D eigenvalue weighted by Gasteiger charge is -2.26. The van der Waals surface area contributed by atoms with E-state index >= 15 is 0 Å². The summed E-state index contributed by atoms with van der Waals surface area (Å²) in [6, 6.07) is 9.78. The van der Waals surface area contributed by atoms with Crippen molar-refractivity contribution in [2.45, 2.75) is 38.5 Å². The summed E-state index contributed by atoms with van der Waals surface area (Å²) in [5, 5.41) is 21.7. The predicted octanol–water partition coefficient (Wildman–Crippen LogP) is 7.08. The number of methoxy groups -OCH3 is 1. The lowest BCUT2D eigenvalue weighted by Crippen LogP contribution is -2.25. The minimum Gasteiger partial charge on any atom is -0.495 e. The zero-order valence-corrected chi connectivity index (χ0v) is 19.6. The minimum atomic E-state index is 0.519. The second kappa shape index (κ2) is 11.4. The number of nitrogens with zero attached hydrogens (tertiary/aromatic N) is 4. The van der Waals surface area contributed by atoms with Gasteiger partial charge < -0.3 is 9.64 Å². The van der Waals surface area contributed by atoms with Crippen LogP contribution in [0, 0.1) is 6.92 Å². The number of anilines is 1. The first-order valence-corrected chi connectivity index (χ1v) is 11.6. The molecule has 0 saturated carbocycles. The summed E-state index contributed by atoms with van der Waals surface area (Å²) >= 11 is 2.32. The average Bonchev–Trinajstić information content (AvgIpc) is 3.17. The molecular formula is C21H26N4O4S2. The van der Waals surface area contributed by atoms with Gasteiger partial charge in [-0.1, -0.05) is 36.3 Å². The van der Waals surface area contributed by atoms with Crippen molar-refractivity contribution in [1.82, 2.24) is 4.98 Å². The second-order valence-corrected chi connectivity index (χ2v) is 8.62. The molecule has 166 valence electrons. The maximum absolute atomic E-state index is 8.64. The van der Waals surface area contributed by atoms with E-state index in [-0.39, 0.29) is 0 Å². The van der Waals surface area contributed by atoms with Crippen LogP contribution in [0.2, 0.25) is 0 Å². The summed E-state index contributed by atoms with van der Waals surface area (Å²) in [6.07, 6.45) is 2.00. The van der Waals surface area contributed by atoms with Gasteiger partial charge in [0.2, 0.25) is 5.13 Å². The zero-order chi connectivity index (χ0) is 22.2. The molecule has 1 N–H and O–H groups in total. The molecule has 1 aromatic heterocycles. The van der Waals surface area contributed by atoms with Gasteiger partial charge in [-0.2, -0.15) is 0 Å². The van der Waals surface area contributed by atoms with Crippen LogP contribution in [0.4, 0.5) is 16.5 Å². The lowest BCUT2D eigenvalue weighted by atomic mass is 10.2. The van der Waals surface area contributed by atoms with Crippen LogP contribution in [0.3, 0.4) is 0 Å². The molecule has 0 spiro atoms. The van der Waals surface area contributed by atoms with Crippen LogP contribution >= 0.6 is 23.4 Å². The molecule has 0 unspecified atom stereocenters. The fraction of sp³-hybridized carbons (Fsp3) is 0.381. The number of hydrogen-bond donors (Lipinski definition) is 1. The number of benzene rings is 2. The van der Waals surface area contributed by atoms with E-state index in [1.165, 1.54) is 16.9 Å². The Morgan fingerprint density at radius 3 is 2.58 bits per heavy atom. The van der Waals surface area contributed by atoms with Crippen LogP contribution < -0.4 is 9.64 Å². The summed E-state index contributed by atoms with van der Waals surface area (Å²) in [5.74, 6) is 0.685. The summed E-state index contributed by atoms with van der Waals surface area (Å²) in [6.45, 7) is 8.09. The van der Waals surface area contributed by atoms with E-state index in [1.807, 2.05) is 25.1 Å². The normalized spacial score (nSPS) is 11.5. The first-order chi connectivity index (χ1) is 15.1. The molecule has 2 aromatic carbocycles. The van der Waals surface area contributed by atoms with Crippen LogP contribution in [0.25, 0.3) is 10.2 Å². The van der Waals surface area contributed by atoms with Crippen molar-refractivity contribution in [1.29, 1.82) is 0 Å². The predicted molar refractivity (Wildman–Crippen MR) is 125 cm³/mol. The van der Waals surface area contributed by atoms with Gasteiger partial charge in [-0.05, 0) is 43.5 Å². The molecule has 0 saturated heterocycles. The van der Waals surface area contributed by atoms with Crippen molar-refractivity contribution < 1.29 is 19.4 Å². The minimum absolute atomic E-state index is 0.519. The van der Waals surface area contributed by atoms with E-state index in [2.05, 4.69) is 45.1 Å². The number of rotatable bonds is 11. The Bertz CT molecular complexity index is 1040. The van der Waals surface area contributed by atoms with Crippen molar-refractivity contribution in [3.05, 3.63) is 35.9 Å². The van der Waals surface area contributed by atoms with Gasteiger partial charge in [-0.25, -0.2) is 10.2 Å². The molecule has 0 amide bonds. The van der Waals surface area contributed by atoms with Crippen LogP contribution in [0.15, 0.2) is 45.5 Å². The molecule has 31 heavy (non-hydrogen) atoms. The molecule has 8 nitrogen and oxygen atoms in total. The van der Waals surface area contributed by atoms with E-state index in [9.17, 15) is 0 Å². The summed E-state index contributed by atoms with van der Waals surface area (Å²) < 4.78 is 11.4. The monoisotopic (exact) mass is 462 g/mol. The number of azo groups is 1. The van der Waals surface area contributed by atoms with Crippen LogP contribution in [0.5, 0.6) is 5.75 Å². The molecule has 0 bridgehead atoms. The smallest absolute Gasteiger partial charge is 0.231 e. The molecule has 0 aliphatic heterocycles. The maximum atomic E-state index is 8.64. The van der Waals surface area contributed by atoms with Gasteiger partial charge in [-0.15, -0.1) is 14.6 Å². The van der Waals surface area contributed by atoms with Gasteiger partial charge in [0.05, 0.1) is 40.0 Å². The fourth-order valence-electron chi connectivity index (χ4n) is 3.20. The number of aryl methyl sites for hydroxylation is 1. The molecule has 3 aromatic rings. The van der Waals surface area contributed by atoms with Crippen molar-refractivity contribution >= 4 is 50.1 Å². The number of ether oxygens (including phenoxy) is 1. The Morgan fingerprint density at radius 1 is 1.13 bits per heavy atom. The second-order valence-electron chi connectivity index (χ2n) is 6.87. The lowest BCUT2D eigenvalue weighted by molar-refractivity contribution is -0.432. The third kappa shape index (κ3) is 5.92. The highest BCUT2D eigenvalue weighted by atomic mass is 32.2. The van der Waals surface area contributed by atoms with E-state index in [0.717, 1.165) is 53.9 Å². The molecule has 0 radical (unpaired) electrons. The molecule has 0 atom stereocenters. The third-order valence-corrected chi connectivity index (χ3v) is 6.06. The van der Waals surface area contributed by atoms with Crippen LogP contribution in [-0.2, 0) is 9.37 Å². The zero-order valence-electron chi connectivity index (χ0n) is 18.0. The van der Waals surface area contributed by atoms with Gasteiger partial charge >= 0.3 is 0 Å². The number of hydrogen-bond acceptors (Lipinski definition) is 10. The van der Waals surface area contributed by atoms with Crippen LogP contribution in [-0.4, -0.2) is 30.4 Å². The Balaban J connectivity index is 1.99. The number of aromatic nitrogens is 1. The van der Waals surface area contributed by atoms with Crippen molar-refractivity contribution in [2.75, 3.05) is 25.1 Å². The first kappa shape index (κ1) is 23.4. The molecule has 0 aliphatic carbocycles. The van der Waals surface area contributed by atoms with Gasteiger partial charge in [0.1, 0.15) is 11.4 Å². The van der Waals surface area contributed by atoms with Crippen molar-refractivity contribution in [3.63, 3.8) is 0 Å². The van der Waals surface area contributed by atoms with Crippen molar-refractivity contribution in [2.24, 2.45) is 10.2 Å². The molecule has 10 heteroatoms. The standard InChI is InChI=1S/C21H26N4O4S2/c1-5-9-25(10-6-2)17-13-20(31-29-28-26)16(12-18(17)27-4)23-24-21-22-15-8-7-14(3)11-19(15)30-21/h7-8,11-13,26H,5-6,9-10H2,1-4H3. The van der Waals surface area contributed by atoms with Gasteiger partial charge in [0.25, 0.3) is 0 Å². The largest absolute Gasteiger partial charge is 0.495 e. The van der Waals surface area contributed by atoms with E-state index < -0.39 is 0 Å². The molecular weight excluding hydrogens is 436 g/mol. The third-order valence-electron chi connectivity index (χ3n) is 4.52. The number of fused-ring (bicyclic) bond motifs is 1. The van der Waals surface area contributed by atoms with Gasteiger partial charge in [-0.3, -0.25) is 0 Å². The average molecular weight is 463 g/mol. The SMILES string of the molecule is CCCN(CCC)c1cc(SOOO)c(N=Nc2nc3ccc(C)cc3s2)cc1OC. The molecule has 0 aliphatic rings. The maximum Gasteiger partial charge on any atom is 0.231 e. The quantitative estimate of drug-likeness (QED) is 0.141. The van der Waals surface area contributed by atoms with Gasteiger partial charge in [0.15, 0.2) is 0 Å². The topological polar surface area (TPSA) is 88.8 Å². The molecule has 3 rings (SSSR count). The fourth-order valence-corrected chi connectivity index (χ4v) is 4.53. The Morgan fingerprint density at radius 2 is 1.90 bits per heavy atom. The Labute approximate surface area is 189 Å². The number of thiazole rings is 1. The first-order valence-electron chi connectivity index (χ1n) is 10.00. The van der Waals surface area contributed by atoms with E-state index in [4.69, 9.17) is 14.3 Å². The Hall–Kier alpha value is -2.24. The highest BCUT2D eigenvalue weighted by molar-refractivity contribution is 7.94. The highest BCUT2D eigenvalue weighted by Gasteiger charge is 2.17. The highest BCUT2D eigenvalue weighted by Crippen LogP contribution is 2.42. The van der Waals surface area contributed by atoms with Gasteiger partial charge in [0, 0.05) is 19.2 Å². The van der Waals surface area contributed by atoms with E-state index in [0.29, 0.717) is 21.5 Å². The summed E-state index contributed by atoms with van der Waals surface area (Å²) in [7, 11) is 1.63. The molecule has 0 fully saturated rings. The summed E-state index contributed by atoms with van der Waals surface area (Å²) in [4.78, 5) is 7.39. The van der Waals surface area contributed by atoms with Crippen LogP contribution in [0.1, 0.15) is 32.3 Å². The Kier molecular flexibility index (Phi) is 8.61. The van der Waals surface area contributed by atoms with E-state index in [1.54, 1.807) is 13.2 Å².